The lowest BCUT2D eigenvalue weighted by Gasteiger charge is -2.24. The fraction of sp³-hybridized carbons (Fsp3) is 0.652. The smallest absolute Gasteiger partial charge is 0.310 e. The third-order valence-corrected chi connectivity index (χ3v) is 5.89. The number of aromatic amines is 1. The first-order valence-electron chi connectivity index (χ1n) is 11.1. The first-order chi connectivity index (χ1) is 13.7. The molecule has 28 heavy (non-hydrogen) atoms. The second-order valence-electron chi connectivity index (χ2n) is 7.88. The second-order valence-corrected chi connectivity index (χ2v) is 7.88. The number of ether oxygens (including phenoxy) is 1. The first kappa shape index (κ1) is 20.7. The number of H-pyrrole nitrogens is 1. The summed E-state index contributed by atoms with van der Waals surface area (Å²) in [6.07, 6.45) is 8.62. The average molecular weight is 386 g/mol. The van der Waals surface area contributed by atoms with Gasteiger partial charge in [-0.25, -0.2) is 4.98 Å². The minimum absolute atomic E-state index is 0.149. The van der Waals surface area contributed by atoms with Gasteiger partial charge >= 0.3 is 5.97 Å². The summed E-state index contributed by atoms with van der Waals surface area (Å²) < 4.78 is 5.42. The fourth-order valence-electron chi connectivity index (χ4n) is 4.21. The molecule has 5 heteroatoms. The van der Waals surface area contributed by atoms with E-state index in [-0.39, 0.29) is 5.97 Å². The molecule has 0 aliphatic heterocycles. The predicted octanol–water partition coefficient (Wildman–Crippen LogP) is 5.34. The zero-order chi connectivity index (χ0) is 19.9. The largest absolute Gasteiger partial charge is 0.465 e. The number of anilines is 1. The molecular weight excluding hydrogens is 350 g/mol. The van der Waals surface area contributed by atoms with Gasteiger partial charge in [-0.05, 0) is 50.8 Å². The average Bonchev–Trinajstić information content (AvgIpc) is 3.13. The van der Waals surface area contributed by atoms with Crippen LogP contribution in [0, 0.1) is 0 Å². The Morgan fingerprint density at radius 3 is 2.61 bits per heavy atom. The van der Waals surface area contributed by atoms with Crippen molar-refractivity contribution in [3.8, 4) is 0 Å². The molecule has 0 amide bonds. The number of unbranched alkanes of at least 4 members (excludes halogenated alkanes) is 1. The van der Waals surface area contributed by atoms with Crippen LogP contribution >= 0.6 is 0 Å². The number of hydrogen-bond donors (Lipinski definition) is 1. The molecule has 1 aliphatic rings. The van der Waals surface area contributed by atoms with Crippen LogP contribution in [0.3, 0.4) is 0 Å². The number of imidazole rings is 1. The molecule has 1 heterocycles. The van der Waals surface area contributed by atoms with Gasteiger partial charge in [0, 0.05) is 24.7 Å². The van der Waals surface area contributed by atoms with Gasteiger partial charge < -0.3 is 14.6 Å². The lowest BCUT2D eigenvalue weighted by atomic mass is 9.89. The van der Waals surface area contributed by atoms with E-state index in [9.17, 15) is 4.79 Å². The molecule has 1 saturated carbocycles. The van der Waals surface area contributed by atoms with Crippen molar-refractivity contribution in [1.82, 2.24) is 9.97 Å². The minimum atomic E-state index is -0.149. The molecule has 0 atom stereocenters. The lowest BCUT2D eigenvalue weighted by molar-refractivity contribution is -0.142. The van der Waals surface area contributed by atoms with E-state index in [1.165, 1.54) is 32.1 Å². The predicted molar refractivity (Wildman–Crippen MR) is 115 cm³/mol. The number of nitrogens with zero attached hydrogens (tertiary/aromatic N) is 2. The number of nitrogens with one attached hydrogen (secondary N) is 1. The number of carbonyl (C=O) groups is 1. The van der Waals surface area contributed by atoms with Crippen molar-refractivity contribution in [3.05, 3.63) is 23.5 Å². The van der Waals surface area contributed by atoms with Crippen LogP contribution in [-0.2, 0) is 16.0 Å². The lowest BCUT2D eigenvalue weighted by Crippen LogP contribution is -2.24. The van der Waals surface area contributed by atoms with E-state index in [4.69, 9.17) is 9.72 Å². The molecular formula is C23H35N3O2. The van der Waals surface area contributed by atoms with Gasteiger partial charge in [-0.2, -0.15) is 0 Å². The normalized spacial score (nSPS) is 15.1. The number of fused-ring (bicyclic) bond motifs is 1. The van der Waals surface area contributed by atoms with E-state index in [0.717, 1.165) is 54.0 Å². The summed E-state index contributed by atoms with van der Waals surface area (Å²) >= 11 is 0. The molecule has 2 aromatic rings. The van der Waals surface area contributed by atoms with E-state index in [1.807, 2.05) is 0 Å². The van der Waals surface area contributed by atoms with Crippen molar-refractivity contribution in [3.63, 3.8) is 0 Å². The molecule has 1 aliphatic carbocycles. The zero-order valence-corrected chi connectivity index (χ0v) is 17.7. The van der Waals surface area contributed by atoms with Crippen LogP contribution in [0.4, 0.5) is 5.69 Å². The Labute approximate surface area is 168 Å². The molecule has 154 valence electrons. The standard InChI is InChI=1S/C23H35N3O2/c1-4-7-13-28-22(27)15-18-14-19-20(16-21(18)26(5-2)6-3)25-23(24-19)17-11-9-8-10-12-17/h14,16-17H,4-13,15H2,1-3H3,(H,24,25). The Kier molecular flexibility index (Phi) is 7.35. The van der Waals surface area contributed by atoms with Crippen molar-refractivity contribution < 1.29 is 9.53 Å². The highest BCUT2D eigenvalue weighted by atomic mass is 16.5. The monoisotopic (exact) mass is 385 g/mol. The number of carbonyl (C=O) groups excluding carboxylic acids is 1. The van der Waals surface area contributed by atoms with Gasteiger partial charge in [-0.3, -0.25) is 4.79 Å². The number of rotatable bonds is 9. The maximum Gasteiger partial charge on any atom is 0.310 e. The highest BCUT2D eigenvalue weighted by molar-refractivity contribution is 5.85. The maximum atomic E-state index is 12.4. The van der Waals surface area contributed by atoms with Crippen LogP contribution in [-0.4, -0.2) is 35.6 Å². The second kappa shape index (κ2) is 9.94. The summed E-state index contributed by atoms with van der Waals surface area (Å²) in [7, 11) is 0. The van der Waals surface area contributed by atoms with Crippen molar-refractivity contribution in [1.29, 1.82) is 0 Å². The molecule has 0 saturated heterocycles. The highest BCUT2D eigenvalue weighted by Crippen LogP contribution is 2.34. The summed E-state index contributed by atoms with van der Waals surface area (Å²) in [5.41, 5.74) is 4.17. The summed E-state index contributed by atoms with van der Waals surface area (Å²) in [4.78, 5) is 23.1. The van der Waals surface area contributed by atoms with E-state index < -0.39 is 0 Å². The zero-order valence-electron chi connectivity index (χ0n) is 17.7. The summed E-state index contributed by atoms with van der Waals surface area (Å²) in [5.74, 6) is 1.51. The first-order valence-corrected chi connectivity index (χ1v) is 11.1. The molecule has 0 unspecified atom stereocenters. The van der Waals surface area contributed by atoms with Crippen LogP contribution in [0.15, 0.2) is 12.1 Å². The molecule has 0 spiro atoms. The van der Waals surface area contributed by atoms with Gasteiger partial charge in [0.15, 0.2) is 0 Å². The maximum absolute atomic E-state index is 12.4. The van der Waals surface area contributed by atoms with Crippen LogP contribution in [0.25, 0.3) is 11.0 Å². The van der Waals surface area contributed by atoms with E-state index in [2.05, 4.69) is 42.8 Å². The van der Waals surface area contributed by atoms with Gasteiger partial charge in [-0.15, -0.1) is 0 Å². The van der Waals surface area contributed by atoms with E-state index >= 15 is 0 Å². The number of benzene rings is 1. The Bertz CT molecular complexity index is 773. The van der Waals surface area contributed by atoms with Crippen LogP contribution < -0.4 is 4.90 Å². The third-order valence-electron chi connectivity index (χ3n) is 5.89. The Morgan fingerprint density at radius 2 is 1.93 bits per heavy atom. The van der Waals surface area contributed by atoms with E-state index in [0.29, 0.717) is 18.9 Å². The van der Waals surface area contributed by atoms with Crippen molar-refractivity contribution in [2.24, 2.45) is 0 Å². The molecule has 3 rings (SSSR count). The Hall–Kier alpha value is -2.04. The summed E-state index contributed by atoms with van der Waals surface area (Å²) in [6, 6.07) is 4.27. The van der Waals surface area contributed by atoms with Crippen molar-refractivity contribution in [2.75, 3.05) is 24.6 Å². The quantitative estimate of drug-likeness (QED) is 0.467. The summed E-state index contributed by atoms with van der Waals surface area (Å²) in [6.45, 7) is 8.72. The molecule has 1 N–H and O–H groups in total. The number of aromatic nitrogens is 2. The topological polar surface area (TPSA) is 58.2 Å². The van der Waals surface area contributed by atoms with Crippen molar-refractivity contribution >= 4 is 22.7 Å². The fourth-order valence-corrected chi connectivity index (χ4v) is 4.21. The number of esters is 1. The third kappa shape index (κ3) is 4.86. The molecule has 5 nitrogen and oxygen atoms in total. The molecule has 1 aromatic heterocycles. The Morgan fingerprint density at radius 1 is 1.18 bits per heavy atom. The SMILES string of the molecule is CCCCOC(=O)Cc1cc2nc(C3CCCCC3)[nH]c2cc1N(CC)CC. The Balaban J connectivity index is 1.89. The molecule has 1 fully saturated rings. The van der Waals surface area contributed by atoms with Crippen LogP contribution in [0.2, 0.25) is 0 Å². The molecule has 0 bridgehead atoms. The van der Waals surface area contributed by atoms with Crippen LogP contribution in [0.5, 0.6) is 0 Å². The van der Waals surface area contributed by atoms with Gasteiger partial charge in [0.05, 0.1) is 24.1 Å². The van der Waals surface area contributed by atoms with Gasteiger partial charge in [0.1, 0.15) is 5.82 Å². The van der Waals surface area contributed by atoms with Crippen molar-refractivity contribution in [2.45, 2.75) is 78.1 Å². The van der Waals surface area contributed by atoms with Crippen LogP contribution in [0.1, 0.15) is 83.0 Å². The minimum Gasteiger partial charge on any atom is -0.465 e. The van der Waals surface area contributed by atoms with Gasteiger partial charge in [0.25, 0.3) is 0 Å². The molecule has 0 radical (unpaired) electrons. The van der Waals surface area contributed by atoms with Gasteiger partial charge in [-0.1, -0.05) is 32.6 Å². The van der Waals surface area contributed by atoms with Gasteiger partial charge in [0.2, 0.25) is 0 Å². The highest BCUT2D eigenvalue weighted by Gasteiger charge is 2.21. The molecule has 1 aromatic carbocycles. The van der Waals surface area contributed by atoms with E-state index in [1.54, 1.807) is 0 Å². The number of hydrogen-bond acceptors (Lipinski definition) is 4. The summed E-state index contributed by atoms with van der Waals surface area (Å²) in [5, 5.41) is 0.